The van der Waals surface area contributed by atoms with Gasteiger partial charge < -0.3 is 10.1 Å². The van der Waals surface area contributed by atoms with Gasteiger partial charge in [0.1, 0.15) is 7.85 Å². The fraction of sp³-hybridized carbons (Fsp3) is 1.00. The molecule has 2 saturated heterocycles. The van der Waals surface area contributed by atoms with Crippen molar-refractivity contribution in [2.45, 2.75) is 50.9 Å². The van der Waals surface area contributed by atoms with Crippen molar-refractivity contribution in [1.82, 2.24) is 5.32 Å². The molecule has 0 amide bonds. The Kier molecular flexibility index (Phi) is 1.78. The van der Waals surface area contributed by atoms with Crippen LogP contribution in [0.1, 0.15) is 27.2 Å². The first-order valence-corrected chi connectivity index (χ1v) is 4.81. The Morgan fingerprint density at radius 2 is 2.17 bits per heavy atom. The molecule has 2 fully saturated rings. The van der Waals surface area contributed by atoms with E-state index >= 15 is 0 Å². The average Bonchev–Trinajstić information content (AvgIpc) is 2.41. The van der Waals surface area contributed by atoms with Crippen LogP contribution in [0.15, 0.2) is 0 Å². The van der Waals surface area contributed by atoms with Crippen molar-refractivity contribution < 1.29 is 4.74 Å². The molecule has 2 rings (SSSR count). The molecule has 0 spiro atoms. The Hall–Kier alpha value is -0.0151. The minimum atomic E-state index is -0.101. The number of hydrogen-bond donors (Lipinski definition) is 1. The van der Waals surface area contributed by atoms with Gasteiger partial charge >= 0.3 is 0 Å². The van der Waals surface area contributed by atoms with Gasteiger partial charge in [0.2, 0.25) is 0 Å². The molecular weight excluding hydrogens is 149 g/mol. The average molecular weight is 165 g/mol. The van der Waals surface area contributed by atoms with Crippen molar-refractivity contribution in [2.75, 3.05) is 0 Å². The highest BCUT2D eigenvalue weighted by molar-refractivity contribution is 6.12. The molecule has 0 aromatic carbocycles. The van der Waals surface area contributed by atoms with Crippen LogP contribution >= 0.6 is 0 Å². The van der Waals surface area contributed by atoms with Crippen molar-refractivity contribution in [3.05, 3.63) is 0 Å². The van der Waals surface area contributed by atoms with E-state index in [-0.39, 0.29) is 11.6 Å². The first-order valence-electron chi connectivity index (χ1n) is 4.81. The lowest BCUT2D eigenvalue weighted by Crippen LogP contribution is -2.51. The van der Waals surface area contributed by atoms with Crippen LogP contribution < -0.4 is 5.32 Å². The highest BCUT2D eigenvalue weighted by atomic mass is 16.5. The summed E-state index contributed by atoms with van der Waals surface area (Å²) in [6, 6.07) is 0.707. The maximum absolute atomic E-state index is 5.85. The Bertz CT molecular complexity index is 199. The summed E-state index contributed by atoms with van der Waals surface area (Å²) in [7, 11) is 5.85. The molecule has 0 saturated carbocycles. The summed E-state index contributed by atoms with van der Waals surface area (Å²) < 4.78 is 5.84. The zero-order valence-corrected chi connectivity index (χ0v) is 8.00. The number of ether oxygens (including phenoxy) is 1. The second-order valence-electron chi connectivity index (χ2n) is 4.09. The Balaban J connectivity index is 2.30. The van der Waals surface area contributed by atoms with Crippen LogP contribution in [-0.2, 0) is 4.74 Å². The summed E-state index contributed by atoms with van der Waals surface area (Å²) in [5.41, 5.74) is 0.00405. The minimum Gasteiger partial charge on any atom is -0.378 e. The first kappa shape index (κ1) is 8.58. The van der Waals surface area contributed by atoms with Gasteiger partial charge in [-0.05, 0) is 13.3 Å². The number of hydrogen-bond acceptors (Lipinski definition) is 2. The van der Waals surface area contributed by atoms with Gasteiger partial charge in [-0.15, -0.1) is 0 Å². The minimum absolute atomic E-state index is 0.00405. The molecule has 5 atom stereocenters. The smallest absolute Gasteiger partial charge is 0.111 e. The van der Waals surface area contributed by atoms with E-state index in [0.29, 0.717) is 18.0 Å². The highest BCUT2D eigenvalue weighted by Crippen LogP contribution is 2.45. The monoisotopic (exact) mass is 165 g/mol. The molecule has 2 heterocycles. The van der Waals surface area contributed by atoms with Crippen LogP contribution in [0, 0.1) is 5.92 Å². The second-order valence-corrected chi connectivity index (χ2v) is 4.09. The molecule has 2 bridgehead atoms. The van der Waals surface area contributed by atoms with Gasteiger partial charge in [-0.1, -0.05) is 13.8 Å². The molecule has 66 valence electrons. The van der Waals surface area contributed by atoms with Crippen LogP contribution in [0.2, 0.25) is 0 Å². The summed E-state index contributed by atoms with van der Waals surface area (Å²) >= 11 is 0. The van der Waals surface area contributed by atoms with Crippen molar-refractivity contribution in [2.24, 2.45) is 5.92 Å². The molecule has 12 heavy (non-hydrogen) atoms. The van der Waals surface area contributed by atoms with Crippen LogP contribution in [-0.4, -0.2) is 31.5 Å². The molecule has 0 aromatic rings. The zero-order valence-electron chi connectivity index (χ0n) is 8.00. The lowest BCUT2D eigenvalue weighted by Gasteiger charge is -2.36. The molecule has 0 aliphatic carbocycles. The van der Waals surface area contributed by atoms with Gasteiger partial charge in [-0.25, -0.2) is 0 Å². The number of morpholine rings is 1. The predicted molar refractivity (Wildman–Crippen MR) is 49.2 cm³/mol. The van der Waals surface area contributed by atoms with E-state index in [2.05, 4.69) is 26.1 Å². The summed E-state index contributed by atoms with van der Waals surface area (Å²) in [4.78, 5) is 0. The van der Waals surface area contributed by atoms with Crippen molar-refractivity contribution >= 4 is 7.85 Å². The number of fused-ring (bicyclic) bond motifs is 2. The molecule has 2 aliphatic rings. The quantitative estimate of drug-likeness (QED) is 0.576. The van der Waals surface area contributed by atoms with E-state index in [9.17, 15) is 0 Å². The van der Waals surface area contributed by atoms with Gasteiger partial charge in [0.15, 0.2) is 0 Å². The SMILES string of the molecule is [B][C@@H]1O[C@]2(CC)[C@H](C)C1N[C@@H]2C. The predicted octanol–water partition coefficient (Wildman–Crippen LogP) is 0.656. The molecular formula is C9H16BNO. The van der Waals surface area contributed by atoms with Gasteiger partial charge in [-0.2, -0.15) is 0 Å². The van der Waals surface area contributed by atoms with E-state index in [0.717, 1.165) is 6.42 Å². The normalized spacial score (nSPS) is 57.9. The first-order chi connectivity index (χ1) is 5.62. The molecule has 1 N–H and O–H groups in total. The van der Waals surface area contributed by atoms with Crippen LogP contribution in [0.5, 0.6) is 0 Å². The Labute approximate surface area is 75.5 Å². The molecule has 3 heteroatoms. The maximum Gasteiger partial charge on any atom is 0.111 e. The molecule has 1 unspecified atom stereocenters. The van der Waals surface area contributed by atoms with Crippen molar-refractivity contribution in [3.63, 3.8) is 0 Å². The van der Waals surface area contributed by atoms with Crippen LogP contribution in [0.25, 0.3) is 0 Å². The van der Waals surface area contributed by atoms with E-state index < -0.39 is 0 Å². The lowest BCUT2D eigenvalue weighted by molar-refractivity contribution is -0.0638. The fourth-order valence-corrected chi connectivity index (χ4v) is 2.90. The van der Waals surface area contributed by atoms with Gasteiger partial charge in [0.05, 0.1) is 5.60 Å². The Morgan fingerprint density at radius 3 is 2.50 bits per heavy atom. The molecule has 2 nitrogen and oxygen atoms in total. The summed E-state index contributed by atoms with van der Waals surface area (Å²) in [5.74, 6) is 0.549. The van der Waals surface area contributed by atoms with Gasteiger partial charge in [-0.3, -0.25) is 0 Å². The standard InChI is InChI=1S/C9H16BNO/c1-4-9-5(2)7(8(10)12-9)11-6(9)3/h5-8,11H,4H2,1-3H3/t5-,6-,7?,8-,9-/m1/s1. The van der Waals surface area contributed by atoms with Crippen LogP contribution in [0.4, 0.5) is 0 Å². The molecule has 0 aromatic heterocycles. The second kappa shape index (κ2) is 2.49. The van der Waals surface area contributed by atoms with Gasteiger partial charge in [0.25, 0.3) is 0 Å². The summed E-state index contributed by atoms with van der Waals surface area (Å²) in [5, 5.41) is 3.49. The summed E-state index contributed by atoms with van der Waals surface area (Å²) in [6.45, 7) is 6.60. The lowest BCUT2D eigenvalue weighted by atomic mass is 9.82. The molecule has 2 radical (unpaired) electrons. The van der Waals surface area contributed by atoms with Crippen molar-refractivity contribution in [3.8, 4) is 0 Å². The Morgan fingerprint density at radius 1 is 1.50 bits per heavy atom. The molecule has 2 aliphatic heterocycles. The van der Waals surface area contributed by atoms with E-state index in [1.54, 1.807) is 0 Å². The fourth-order valence-electron chi connectivity index (χ4n) is 2.90. The highest BCUT2D eigenvalue weighted by Gasteiger charge is 2.58. The van der Waals surface area contributed by atoms with E-state index in [1.807, 2.05) is 0 Å². The maximum atomic E-state index is 5.85. The topological polar surface area (TPSA) is 21.3 Å². The summed E-state index contributed by atoms with van der Waals surface area (Å²) in [6.07, 6.45) is 1.05. The third-order valence-corrected chi connectivity index (χ3v) is 3.75. The van der Waals surface area contributed by atoms with Gasteiger partial charge in [0, 0.05) is 24.0 Å². The largest absolute Gasteiger partial charge is 0.378 e. The zero-order chi connectivity index (χ0) is 8.93. The van der Waals surface area contributed by atoms with E-state index in [1.165, 1.54) is 0 Å². The third-order valence-electron chi connectivity index (χ3n) is 3.75. The third kappa shape index (κ3) is 0.788. The van der Waals surface area contributed by atoms with E-state index in [4.69, 9.17) is 12.6 Å². The van der Waals surface area contributed by atoms with Crippen molar-refractivity contribution in [1.29, 1.82) is 0 Å². The van der Waals surface area contributed by atoms with Crippen LogP contribution in [0.3, 0.4) is 0 Å². The number of rotatable bonds is 1. The number of nitrogens with one attached hydrogen (secondary N) is 1.